The molecule has 3 nitrogen and oxygen atoms in total. The van der Waals surface area contributed by atoms with Crippen molar-refractivity contribution in [2.24, 2.45) is 0 Å². The third-order valence-corrected chi connectivity index (χ3v) is 11.7. The van der Waals surface area contributed by atoms with Crippen LogP contribution in [0.4, 0.5) is 0 Å². The first-order valence-corrected chi connectivity index (χ1v) is 21.0. The Kier molecular flexibility index (Phi) is 9.53. The van der Waals surface area contributed by atoms with E-state index in [1.165, 1.54) is 33.2 Å². The molecule has 0 aliphatic heterocycles. The molecule has 9 aromatic carbocycles. The SMILES string of the molecule is c1ccc(-c2ccc(-c3cc(-c4cccc(-c5ccc6nc(-c7ccccc7)c7cccc(-c8ccccc8)c7c6c5)c4)nc(-c4ccc(-c5ccccc5)cc4)n3)cc2)cc1. The van der Waals surface area contributed by atoms with E-state index in [4.69, 9.17) is 15.0 Å². The molecular weight excluding hydrogens is 751 g/mol. The van der Waals surface area contributed by atoms with Crippen molar-refractivity contribution >= 4 is 21.7 Å². The lowest BCUT2D eigenvalue weighted by Crippen LogP contribution is -1.96. The topological polar surface area (TPSA) is 38.7 Å². The maximum atomic E-state index is 5.31. The van der Waals surface area contributed by atoms with Crippen LogP contribution in [0.15, 0.2) is 237 Å². The number of fused-ring (bicyclic) bond motifs is 3. The quantitative estimate of drug-likeness (QED) is 0.144. The highest BCUT2D eigenvalue weighted by Crippen LogP contribution is 2.40. The molecule has 0 amide bonds. The van der Waals surface area contributed by atoms with Gasteiger partial charge in [-0.1, -0.05) is 212 Å². The summed E-state index contributed by atoms with van der Waals surface area (Å²) in [6.45, 7) is 0. The summed E-state index contributed by atoms with van der Waals surface area (Å²) in [4.78, 5) is 15.8. The van der Waals surface area contributed by atoms with Crippen LogP contribution in [0.2, 0.25) is 0 Å². The largest absolute Gasteiger partial charge is 0.247 e. The van der Waals surface area contributed by atoms with Gasteiger partial charge in [0.1, 0.15) is 0 Å². The lowest BCUT2D eigenvalue weighted by Gasteiger charge is -2.15. The van der Waals surface area contributed by atoms with Crippen LogP contribution in [0, 0.1) is 0 Å². The molecule has 0 N–H and O–H groups in total. The second kappa shape index (κ2) is 16.1. The number of hydrogen-bond donors (Lipinski definition) is 0. The van der Waals surface area contributed by atoms with Gasteiger partial charge in [0, 0.05) is 38.4 Å². The van der Waals surface area contributed by atoms with Crippen LogP contribution in [-0.4, -0.2) is 15.0 Å². The molecule has 11 rings (SSSR count). The average Bonchev–Trinajstić information content (AvgIpc) is 3.37. The van der Waals surface area contributed by atoms with Crippen LogP contribution < -0.4 is 0 Å². The van der Waals surface area contributed by atoms with Gasteiger partial charge in [0.05, 0.1) is 22.6 Å². The van der Waals surface area contributed by atoms with Gasteiger partial charge in [-0.05, 0) is 68.8 Å². The van der Waals surface area contributed by atoms with E-state index in [0.29, 0.717) is 5.82 Å². The summed E-state index contributed by atoms with van der Waals surface area (Å²) < 4.78 is 0. The maximum Gasteiger partial charge on any atom is 0.160 e. The third-order valence-electron chi connectivity index (χ3n) is 11.7. The maximum absolute atomic E-state index is 5.31. The lowest BCUT2D eigenvalue weighted by molar-refractivity contribution is 1.18. The standard InChI is InChI=1S/C59H39N3/c1-5-15-40(16-6-1)42-27-31-45(32-28-42)55-39-56(62-59(61-55)47-33-29-43(30-34-47)41-17-7-2-8-18-41)50-24-13-23-48(37-50)49-35-36-54-53(38-49)57-51(44-19-9-3-10-20-44)25-14-26-52(57)58(60-54)46-21-11-4-12-22-46/h1-39H. The highest BCUT2D eigenvalue weighted by atomic mass is 14.9. The van der Waals surface area contributed by atoms with Gasteiger partial charge in [-0.3, -0.25) is 0 Å². The minimum Gasteiger partial charge on any atom is -0.247 e. The van der Waals surface area contributed by atoms with E-state index < -0.39 is 0 Å². The Labute approximate surface area is 361 Å². The first kappa shape index (κ1) is 36.8. The Morgan fingerprint density at radius 3 is 1.32 bits per heavy atom. The number of benzene rings is 9. The summed E-state index contributed by atoms with van der Waals surface area (Å²) in [5, 5.41) is 3.44. The van der Waals surface area contributed by atoms with Crippen LogP contribution in [0.3, 0.4) is 0 Å². The average molecular weight is 790 g/mol. The molecule has 11 aromatic rings. The molecule has 2 aromatic heterocycles. The van der Waals surface area contributed by atoms with E-state index in [9.17, 15) is 0 Å². The van der Waals surface area contributed by atoms with Crippen molar-refractivity contribution in [1.29, 1.82) is 0 Å². The molecule has 0 saturated carbocycles. The normalized spacial score (nSPS) is 11.2. The zero-order valence-corrected chi connectivity index (χ0v) is 33.9. The number of pyridine rings is 1. The first-order chi connectivity index (χ1) is 30.7. The van der Waals surface area contributed by atoms with Gasteiger partial charge in [-0.15, -0.1) is 0 Å². The number of aromatic nitrogens is 3. The number of hydrogen-bond acceptors (Lipinski definition) is 3. The molecule has 62 heavy (non-hydrogen) atoms. The molecule has 0 fully saturated rings. The molecule has 0 aliphatic carbocycles. The van der Waals surface area contributed by atoms with Crippen molar-refractivity contribution in [2.45, 2.75) is 0 Å². The Balaban J connectivity index is 1.04. The molecule has 3 heteroatoms. The van der Waals surface area contributed by atoms with Gasteiger partial charge in [-0.25, -0.2) is 15.0 Å². The van der Waals surface area contributed by atoms with Crippen molar-refractivity contribution in [2.75, 3.05) is 0 Å². The molecule has 0 aliphatic rings. The van der Waals surface area contributed by atoms with Crippen LogP contribution >= 0.6 is 0 Å². The summed E-state index contributed by atoms with van der Waals surface area (Å²) in [7, 11) is 0. The molecular formula is C59H39N3. The Bertz CT molecular complexity index is 3250. The lowest BCUT2D eigenvalue weighted by atomic mass is 9.91. The molecule has 0 bridgehead atoms. The highest BCUT2D eigenvalue weighted by molar-refractivity contribution is 6.17. The smallest absolute Gasteiger partial charge is 0.160 e. The van der Waals surface area contributed by atoms with Crippen LogP contribution in [-0.2, 0) is 0 Å². The van der Waals surface area contributed by atoms with Crippen molar-refractivity contribution in [3.05, 3.63) is 237 Å². The van der Waals surface area contributed by atoms with Gasteiger partial charge < -0.3 is 0 Å². The first-order valence-electron chi connectivity index (χ1n) is 21.0. The third kappa shape index (κ3) is 7.12. The zero-order valence-electron chi connectivity index (χ0n) is 33.9. The second-order valence-electron chi connectivity index (χ2n) is 15.6. The predicted octanol–water partition coefficient (Wildman–Crippen LogP) is 15.5. The van der Waals surface area contributed by atoms with Gasteiger partial charge in [0.25, 0.3) is 0 Å². The minimum absolute atomic E-state index is 0.681. The summed E-state index contributed by atoms with van der Waals surface area (Å²) in [6.07, 6.45) is 0. The fraction of sp³-hybridized carbons (Fsp3) is 0. The summed E-state index contributed by atoms with van der Waals surface area (Å²) >= 11 is 0. The van der Waals surface area contributed by atoms with E-state index in [1.54, 1.807) is 0 Å². The molecule has 0 spiro atoms. The second-order valence-corrected chi connectivity index (χ2v) is 15.6. The van der Waals surface area contributed by atoms with E-state index in [2.05, 4.69) is 224 Å². The monoisotopic (exact) mass is 789 g/mol. The van der Waals surface area contributed by atoms with E-state index >= 15 is 0 Å². The predicted molar refractivity (Wildman–Crippen MR) is 258 cm³/mol. The Hall–Kier alpha value is -8.27. The molecule has 0 unspecified atom stereocenters. The van der Waals surface area contributed by atoms with Gasteiger partial charge in [0.2, 0.25) is 0 Å². The molecule has 2 heterocycles. The summed E-state index contributed by atoms with van der Waals surface area (Å²) in [5.74, 6) is 0.681. The molecule has 290 valence electrons. The van der Waals surface area contributed by atoms with Gasteiger partial charge in [0.15, 0.2) is 5.82 Å². The highest BCUT2D eigenvalue weighted by Gasteiger charge is 2.17. The van der Waals surface area contributed by atoms with Crippen molar-refractivity contribution in [3.8, 4) is 89.7 Å². The van der Waals surface area contributed by atoms with Crippen LogP contribution in [0.25, 0.3) is 111 Å². The molecule has 0 saturated heterocycles. The minimum atomic E-state index is 0.681. The van der Waals surface area contributed by atoms with Crippen molar-refractivity contribution in [1.82, 2.24) is 15.0 Å². The number of rotatable bonds is 8. The van der Waals surface area contributed by atoms with E-state index in [-0.39, 0.29) is 0 Å². The van der Waals surface area contributed by atoms with Gasteiger partial charge >= 0.3 is 0 Å². The van der Waals surface area contributed by atoms with E-state index in [0.717, 1.165) is 72.3 Å². The summed E-state index contributed by atoms with van der Waals surface area (Å²) in [5.41, 5.74) is 17.0. The molecule has 0 radical (unpaired) electrons. The Morgan fingerprint density at radius 1 is 0.242 bits per heavy atom. The van der Waals surface area contributed by atoms with Crippen molar-refractivity contribution in [3.63, 3.8) is 0 Å². The van der Waals surface area contributed by atoms with Crippen LogP contribution in [0.1, 0.15) is 0 Å². The number of nitrogens with zero attached hydrogens (tertiary/aromatic N) is 3. The zero-order chi connectivity index (χ0) is 41.2. The van der Waals surface area contributed by atoms with Gasteiger partial charge in [-0.2, -0.15) is 0 Å². The summed E-state index contributed by atoms with van der Waals surface area (Å²) in [6, 6.07) is 83.4. The molecule has 0 atom stereocenters. The van der Waals surface area contributed by atoms with E-state index in [1.807, 2.05) is 12.1 Å². The fourth-order valence-corrected chi connectivity index (χ4v) is 8.54. The Morgan fingerprint density at radius 2 is 0.694 bits per heavy atom. The fourth-order valence-electron chi connectivity index (χ4n) is 8.54. The van der Waals surface area contributed by atoms with Crippen LogP contribution in [0.5, 0.6) is 0 Å². The van der Waals surface area contributed by atoms with Crippen molar-refractivity contribution < 1.29 is 0 Å².